The van der Waals surface area contributed by atoms with Gasteiger partial charge in [-0.1, -0.05) is 17.7 Å². The van der Waals surface area contributed by atoms with Gasteiger partial charge in [-0.05, 0) is 42.8 Å². The monoisotopic (exact) mass is 314 g/mol. The molecule has 20 heavy (non-hydrogen) atoms. The number of anilines is 2. The molecule has 3 N–H and O–H groups in total. The molecule has 0 atom stereocenters. The lowest BCUT2D eigenvalue weighted by atomic mass is 10.2. The standard InChI is InChI=1S/C13H12ClFN2O2S/c1-8-2-4-10(15)12(6-8)17-20(18,19)13-7-9(14)3-5-11(13)16/h2-7,17H,16H2,1H3. The lowest BCUT2D eigenvalue weighted by Crippen LogP contribution is -2.15. The van der Waals surface area contributed by atoms with Gasteiger partial charge in [-0.3, -0.25) is 4.72 Å². The van der Waals surface area contributed by atoms with E-state index in [1.54, 1.807) is 13.0 Å². The van der Waals surface area contributed by atoms with Gasteiger partial charge in [-0.15, -0.1) is 0 Å². The van der Waals surface area contributed by atoms with Crippen LogP contribution in [0.4, 0.5) is 15.8 Å². The molecule has 0 heterocycles. The Morgan fingerprint density at radius 2 is 1.90 bits per heavy atom. The first kappa shape index (κ1) is 14.6. The SMILES string of the molecule is Cc1ccc(F)c(NS(=O)(=O)c2cc(Cl)ccc2N)c1. The largest absolute Gasteiger partial charge is 0.398 e. The van der Waals surface area contributed by atoms with Crippen LogP contribution < -0.4 is 10.5 Å². The van der Waals surface area contributed by atoms with Crippen molar-refractivity contribution >= 4 is 33.0 Å². The van der Waals surface area contributed by atoms with Crippen molar-refractivity contribution in [2.24, 2.45) is 0 Å². The van der Waals surface area contributed by atoms with Gasteiger partial charge >= 0.3 is 0 Å². The topological polar surface area (TPSA) is 72.2 Å². The average Bonchev–Trinajstić information content (AvgIpc) is 2.36. The van der Waals surface area contributed by atoms with Crippen LogP contribution in [0.2, 0.25) is 5.02 Å². The van der Waals surface area contributed by atoms with Gasteiger partial charge in [0.2, 0.25) is 0 Å². The van der Waals surface area contributed by atoms with Gasteiger partial charge < -0.3 is 5.73 Å². The Morgan fingerprint density at radius 1 is 1.20 bits per heavy atom. The van der Waals surface area contributed by atoms with Crippen LogP contribution in [0.1, 0.15) is 5.56 Å². The van der Waals surface area contributed by atoms with Gasteiger partial charge in [0.1, 0.15) is 10.7 Å². The number of sulfonamides is 1. The minimum absolute atomic E-state index is 0.0370. The summed E-state index contributed by atoms with van der Waals surface area (Å²) < 4.78 is 40.2. The normalized spacial score (nSPS) is 11.3. The minimum atomic E-state index is -4.01. The zero-order valence-electron chi connectivity index (χ0n) is 10.5. The molecule has 0 saturated carbocycles. The maximum Gasteiger partial charge on any atom is 0.264 e. The highest BCUT2D eigenvalue weighted by Crippen LogP contribution is 2.26. The Morgan fingerprint density at radius 3 is 2.60 bits per heavy atom. The quantitative estimate of drug-likeness (QED) is 0.855. The van der Waals surface area contributed by atoms with Crippen LogP contribution in [0.25, 0.3) is 0 Å². The predicted octanol–water partition coefficient (Wildman–Crippen LogP) is 3.17. The van der Waals surface area contributed by atoms with Crippen molar-refractivity contribution in [3.63, 3.8) is 0 Å². The number of benzene rings is 2. The van der Waals surface area contributed by atoms with E-state index in [-0.39, 0.29) is 21.3 Å². The van der Waals surface area contributed by atoms with Crippen LogP contribution >= 0.6 is 11.6 Å². The summed E-state index contributed by atoms with van der Waals surface area (Å²) in [6, 6.07) is 8.20. The highest BCUT2D eigenvalue weighted by Gasteiger charge is 2.19. The van der Waals surface area contributed by atoms with Gasteiger partial charge in [-0.2, -0.15) is 0 Å². The van der Waals surface area contributed by atoms with E-state index in [9.17, 15) is 12.8 Å². The second-order valence-corrected chi connectivity index (χ2v) is 6.36. The number of hydrogen-bond donors (Lipinski definition) is 2. The molecule has 4 nitrogen and oxygen atoms in total. The van der Waals surface area contributed by atoms with E-state index in [0.29, 0.717) is 0 Å². The van der Waals surface area contributed by atoms with Crippen LogP contribution in [0.3, 0.4) is 0 Å². The third-order valence-electron chi connectivity index (χ3n) is 2.63. The summed E-state index contributed by atoms with van der Waals surface area (Å²) in [5.41, 5.74) is 6.25. The number of nitrogens with two attached hydrogens (primary N) is 1. The molecule has 0 unspecified atom stereocenters. The summed E-state index contributed by atoms with van der Waals surface area (Å²) in [7, 11) is -4.01. The van der Waals surface area contributed by atoms with Crippen molar-refractivity contribution in [2.45, 2.75) is 11.8 Å². The zero-order chi connectivity index (χ0) is 14.9. The smallest absolute Gasteiger partial charge is 0.264 e. The lowest BCUT2D eigenvalue weighted by molar-refractivity contribution is 0.599. The van der Waals surface area contributed by atoms with Gasteiger partial charge in [-0.25, -0.2) is 12.8 Å². The van der Waals surface area contributed by atoms with Crippen molar-refractivity contribution < 1.29 is 12.8 Å². The van der Waals surface area contributed by atoms with E-state index in [1.165, 1.54) is 30.3 Å². The Kier molecular flexibility index (Phi) is 3.87. The maximum atomic E-state index is 13.6. The predicted molar refractivity (Wildman–Crippen MR) is 77.8 cm³/mol. The van der Waals surface area contributed by atoms with Crippen molar-refractivity contribution in [3.8, 4) is 0 Å². The van der Waals surface area contributed by atoms with Crippen molar-refractivity contribution in [2.75, 3.05) is 10.5 Å². The fraction of sp³-hybridized carbons (Fsp3) is 0.0769. The maximum absolute atomic E-state index is 13.6. The van der Waals surface area contributed by atoms with Crippen LogP contribution in [-0.4, -0.2) is 8.42 Å². The molecule has 0 aliphatic rings. The zero-order valence-corrected chi connectivity index (χ0v) is 12.1. The Bertz CT molecular complexity index is 763. The molecule has 0 spiro atoms. The summed E-state index contributed by atoms with van der Waals surface area (Å²) in [5.74, 6) is -0.667. The lowest BCUT2D eigenvalue weighted by Gasteiger charge is -2.11. The highest BCUT2D eigenvalue weighted by molar-refractivity contribution is 7.92. The molecular weight excluding hydrogens is 303 g/mol. The van der Waals surface area contributed by atoms with Crippen molar-refractivity contribution in [3.05, 3.63) is 52.8 Å². The van der Waals surface area contributed by atoms with Gasteiger partial charge in [0.05, 0.1) is 11.4 Å². The minimum Gasteiger partial charge on any atom is -0.398 e. The van der Waals surface area contributed by atoms with Gasteiger partial charge in [0.15, 0.2) is 0 Å². The second kappa shape index (κ2) is 5.30. The van der Waals surface area contributed by atoms with E-state index < -0.39 is 15.8 Å². The van der Waals surface area contributed by atoms with Crippen LogP contribution in [-0.2, 0) is 10.0 Å². The number of nitrogens with one attached hydrogen (secondary N) is 1. The number of halogens is 2. The molecule has 0 amide bonds. The molecule has 2 aromatic carbocycles. The molecule has 0 aromatic heterocycles. The molecule has 0 aliphatic carbocycles. The average molecular weight is 315 g/mol. The van der Waals surface area contributed by atoms with Crippen LogP contribution in [0.5, 0.6) is 0 Å². The Hall–Kier alpha value is -1.79. The Labute approximate surface area is 121 Å². The summed E-state index contributed by atoms with van der Waals surface area (Å²) in [5, 5.41) is 0.226. The first-order valence-electron chi connectivity index (χ1n) is 5.63. The van der Waals surface area contributed by atoms with Crippen molar-refractivity contribution in [1.29, 1.82) is 0 Å². The molecule has 106 valence electrons. The summed E-state index contributed by atoms with van der Waals surface area (Å²) in [6.07, 6.45) is 0. The number of aryl methyl sites for hydroxylation is 1. The molecule has 0 saturated heterocycles. The van der Waals surface area contributed by atoms with E-state index in [2.05, 4.69) is 4.72 Å². The third-order valence-corrected chi connectivity index (χ3v) is 4.29. The summed E-state index contributed by atoms with van der Waals surface area (Å²) >= 11 is 5.76. The summed E-state index contributed by atoms with van der Waals surface area (Å²) in [6.45, 7) is 1.73. The molecule has 2 rings (SSSR count). The Balaban J connectivity index is 2.46. The summed E-state index contributed by atoms with van der Waals surface area (Å²) in [4.78, 5) is -0.189. The fourth-order valence-corrected chi connectivity index (χ4v) is 3.11. The molecule has 7 heteroatoms. The third kappa shape index (κ3) is 3.02. The van der Waals surface area contributed by atoms with E-state index in [0.717, 1.165) is 5.56 Å². The van der Waals surface area contributed by atoms with Crippen molar-refractivity contribution in [1.82, 2.24) is 0 Å². The molecule has 0 aliphatic heterocycles. The van der Waals surface area contributed by atoms with Crippen LogP contribution in [0, 0.1) is 12.7 Å². The van der Waals surface area contributed by atoms with Gasteiger partial charge in [0.25, 0.3) is 10.0 Å². The first-order chi connectivity index (χ1) is 9.29. The number of rotatable bonds is 3. The molecule has 2 aromatic rings. The second-order valence-electron chi connectivity index (χ2n) is 4.27. The fourth-order valence-electron chi connectivity index (χ4n) is 1.66. The molecular formula is C13H12ClFN2O2S. The first-order valence-corrected chi connectivity index (χ1v) is 7.50. The molecule has 0 fully saturated rings. The van der Waals surface area contributed by atoms with E-state index in [4.69, 9.17) is 17.3 Å². The van der Waals surface area contributed by atoms with E-state index in [1.807, 2.05) is 0 Å². The number of hydrogen-bond acceptors (Lipinski definition) is 3. The van der Waals surface area contributed by atoms with Gasteiger partial charge in [0, 0.05) is 5.02 Å². The molecule has 0 bridgehead atoms. The highest BCUT2D eigenvalue weighted by atomic mass is 35.5. The van der Waals surface area contributed by atoms with Crippen LogP contribution in [0.15, 0.2) is 41.3 Å². The molecule has 0 radical (unpaired) electrons. The number of nitrogen functional groups attached to an aromatic ring is 1. The van der Waals surface area contributed by atoms with E-state index >= 15 is 0 Å².